The summed E-state index contributed by atoms with van der Waals surface area (Å²) in [6.07, 6.45) is 2.35. The van der Waals surface area contributed by atoms with E-state index in [1.165, 1.54) is 23.1 Å². The molecule has 4 amide bonds. The van der Waals surface area contributed by atoms with Gasteiger partial charge in [-0.15, -0.1) is 0 Å². The normalized spacial score (nSPS) is 27.5. The van der Waals surface area contributed by atoms with Crippen LogP contribution in [0.4, 0.5) is 27.1 Å². The number of carbonyl (C=O) groups is 4. The number of rotatable bonds is 5. The third kappa shape index (κ3) is 4.63. The molecule has 10 heteroatoms. The van der Waals surface area contributed by atoms with Crippen LogP contribution in [0, 0.1) is 34.9 Å². The highest BCUT2D eigenvalue weighted by Crippen LogP contribution is 2.64. The van der Waals surface area contributed by atoms with Crippen molar-refractivity contribution in [1.82, 2.24) is 0 Å². The minimum absolute atomic E-state index is 0.0423. The van der Waals surface area contributed by atoms with Crippen molar-refractivity contribution < 1.29 is 28.7 Å². The quantitative estimate of drug-likeness (QED) is 0.169. The Morgan fingerprint density at radius 2 is 1.47 bits per heavy atom. The Morgan fingerprint density at radius 3 is 2.18 bits per heavy atom. The summed E-state index contributed by atoms with van der Waals surface area (Å²) in [6.45, 7) is 1.72. The third-order valence-corrected chi connectivity index (χ3v) is 11.2. The second-order valence-electron chi connectivity index (χ2n) is 13.4. The molecule has 0 aromatic heterocycles. The number of para-hydroxylation sites is 2. The highest BCUT2D eigenvalue weighted by atomic mass is 35.5. The van der Waals surface area contributed by atoms with Gasteiger partial charge in [0, 0.05) is 22.9 Å². The van der Waals surface area contributed by atoms with E-state index in [1.807, 2.05) is 48.5 Å². The van der Waals surface area contributed by atoms with Crippen LogP contribution >= 0.6 is 11.6 Å². The molecule has 8 nitrogen and oxygen atoms in total. The van der Waals surface area contributed by atoms with Crippen molar-refractivity contribution in [3.63, 3.8) is 0 Å². The third-order valence-electron chi connectivity index (χ3n) is 10.9. The van der Waals surface area contributed by atoms with E-state index in [1.54, 1.807) is 37.3 Å². The smallest absolute Gasteiger partial charge is 0.241 e. The van der Waals surface area contributed by atoms with E-state index in [0.29, 0.717) is 11.3 Å². The van der Waals surface area contributed by atoms with Gasteiger partial charge in [0.15, 0.2) is 0 Å². The van der Waals surface area contributed by atoms with Gasteiger partial charge in [-0.05, 0) is 86.3 Å². The molecule has 2 heterocycles. The first-order valence-corrected chi connectivity index (χ1v) is 16.6. The Morgan fingerprint density at radius 1 is 0.796 bits per heavy atom. The second-order valence-corrected chi connectivity index (χ2v) is 13.8. The number of fused-ring (bicyclic) bond motifs is 4. The maximum atomic E-state index is 14.5. The molecule has 246 valence electrons. The number of phenols is 1. The first-order chi connectivity index (χ1) is 23.6. The van der Waals surface area contributed by atoms with Gasteiger partial charge < -0.3 is 10.4 Å². The first-order valence-electron chi connectivity index (χ1n) is 16.2. The van der Waals surface area contributed by atoms with Crippen LogP contribution in [-0.2, 0) is 19.2 Å². The van der Waals surface area contributed by atoms with Gasteiger partial charge in [0.2, 0.25) is 23.6 Å². The Labute approximate surface area is 286 Å². The maximum Gasteiger partial charge on any atom is 0.241 e. The van der Waals surface area contributed by atoms with Gasteiger partial charge in [0.25, 0.3) is 0 Å². The topological polar surface area (TPSA) is 107 Å². The van der Waals surface area contributed by atoms with E-state index in [0.717, 1.165) is 27.9 Å². The van der Waals surface area contributed by atoms with Crippen molar-refractivity contribution >= 4 is 58.0 Å². The number of imide groups is 2. The Balaban J connectivity index is 1.17. The molecular formula is C39H31ClFN3O5. The molecule has 4 aromatic rings. The summed E-state index contributed by atoms with van der Waals surface area (Å²) in [5.41, 5.74) is 2.16. The molecule has 1 saturated carbocycles. The molecule has 3 fully saturated rings. The van der Waals surface area contributed by atoms with E-state index in [4.69, 9.17) is 11.6 Å². The number of allylic oxidation sites excluding steroid dienone is 2. The fourth-order valence-corrected chi connectivity index (χ4v) is 8.77. The highest BCUT2D eigenvalue weighted by molar-refractivity contribution is 6.32. The molecule has 4 aliphatic rings. The van der Waals surface area contributed by atoms with Crippen LogP contribution in [0.5, 0.6) is 5.75 Å². The van der Waals surface area contributed by atoms with Crippen LogP contribution < -0.4 is 15.1 Å². The van der Waals surface area contributed by atoms with Crippen molar-refractivity contribution in [2.24, 2.45) is 29.1 Å². The number of nitrogens with one attached hydrogen (secondary N) is 1. The average Bonchev–Trinajstić information content (AvgIpc) is 3.47. The minimum atomic E-state index is -1.35. The molecule has 2 saturated heterocycles. The number of carbonyl (C=O) groups excluding carboxylic acids is 4. The first kappa shape index (κ1) is 31.0. The zero-order chi connectivity index (χ0) is 34.2. The summed E-state index contributed by atoms with van der Waals surface area (Å²) in [6, 6.07) is 27.1. The van der Waals surface area contributed by atoms with Crippen molar-refractivity contribution in [2.75, 3.05) is 15.1 Å². The van der Waals surface area contributed by atoms with Crippen LogP contribution in [0.25, 0.3) is 0 Å². The van der Waals surface area contributed by atoms with E-state index in [-0.39, 0.29) is 41.1 Å². The molecule has 6 unspecified atom stereocenters. The zero-order valence-electron chi connectivity index (χ0n) is 26.3. The minimum Gasteiger partial charge on any atom is -0.508 e. The predicted molar refractivity (Wildman–Crippen MR) is 183 cm³/mol. The monoisotopic (exact) mass is 675 g/mol. The molecule has 2 N–H and O–H groups in total. The van der Waals surface area contributed by atoms with Gasteiger partial charge in [-0.25, -0.2) is 9.29 Å². The molecule has 6 atom stereocenters. The summed E-state index contributed by atoms with van der Waals surface area (Å²) in [5, 5.41) is 14.2. The van der Waals surface area contributed by atoms with E-state index in [9.17, 15) is 28.7 Å². The van der Waals surface area contributed by atoms with Crippen molar-refractivity contribution in [3.05, 3.63) is 125 Å². The lowest BCUT2D eigenvalue weighted by Crippen LogP contribution is -2.48. The number of hydrogen-bond donors (Lipinski definition) is 2. The molecule has 49 heavy (non-hydrogen) atoms. The van der Waals surface area contributed by atoms with Gasteiger partial charge in [-0.2, -0.15) is 0 Å². The number of amides is 4. The largest absolute Gasteiger partial charge is 0.508 e. The Bertz CT molecular complexity index is 2090. The highest BCUT2D eigenvalue weighted by Gasteiger charge is 2.68. The molecule has 0 spiro atoms. The molecule has 8 rings (SSSR count). The molecule has 0 radical (unpaired) electrons. The average molecular weight is 676 g/mol. The van der Waals surface area contributed by atoms with E-state index in [2.05, 4.69) is 5.32 Å². The molecule has 2 aliphatic heterocycles. The Hall–Kier alpha value is -5.28. The second kappa shape index (κ2) is 11.4. The number of benzene rings is 4. The lowest BCUT2D eigenvalue weighted by Gasteiger charge is -2.49. The maximum absolute atomic E-state index is 14.5. The summed E-state index contributed by atoms with van der Waals surface area (Å²) in [5.74, 6) is -5.99. The van der Waals surface area contributed by atoms with Crippen molar-refractivity contribution in [3.8, 4) is 5.75 Å². The molecular weight excluding hydrogens is 645 g/mol. The van der Waals surface area contributed by atoms with E-state index < -0.39 is 52.6 Å². The van der Waals surface area contributed by atoms with Gasteiger partial charge in [-0.3, -0.25) is 24.1 Å². The number of nitrogens with zero attached hydrogens (tertiary/aromatic N) is 2. The number of phenolic OH excluding ortho intramolecular Hbond substituents is 1. The van der Waals surface area contributed by atoms with Gasteiger partial charge in [0.05, 0.1) is 39.6 Å². The summed E-state index contributed by atoms with van der Waals surface area (Å²) in [4.78, 5) is 59.4. The standard InChI is InChI=1S/C39H31ClFN3O5/c1-39-29(36(47)44(38(39)49)24-15-18-31(41)30(40)19-24)20-28-25(34(39)26-9-5-6-10-32(26)45)16-17-27-33(28)37(48)43(35(27)46)23-13-11-22(12-14-23)42-21-7-3-2-4-8-21/h2-16,18-19,27-29,33-34,42,45H,17,20H2,1H3. The summed E-state index contributed by atoms with van der Waals surface area (Å²) < 4.78 is 14.1. The van der Waals surface area contributed by atoms with Gasteiger partial charge in [-0.1, -0.05) is 59.6 Å². The van der Waals surface area contributed by atoms with E-state index >= 15 is 0 Å². The Kier molecular flexibility index (Phi) is 7.22. The summed E-state index contributed by atoms with van der Waals surface area (Å²) in [7, 11) is 0. The molecule has 0 bridgehead atoms. The van der Waals surface area contributed by atoms with Crippen molar-refractivity contribution in [2.45, 2.75) is 25.7 Å². The predicted octanol–water partition coefficient (Wildman–Crippen LogP) is 7.36. The fraction of sp³-hybridized carbons (Fsp3) is 0.231. The van der Waals surface area contributed by atoms with Crippen LogP contribution in [0.15, 0.2) is 109 Å². The van der Waals surface area contributed by atoms with Crippen LogP contribution in [0.3, 0.4) is 0 Å². The summed E-state index contributed by atoms with van der Waals surface area (Å²) >= 11 is 6.08. The lowest BCUT2D eigenvalue weighted by molar-refractivity contribution is -0.131. The van der Waals surface area contributed by atoms with Crippen LogP contribution in [0.1, 0.15) is 31.2 Å². The number of hydrogen-bond acceptors (Lipinski definition) is 6. The van der Waals surface area contributed by atoms with Gasteiger partial charge in [0.1, 0.15) is 11.6 Å². The SMILES string of the molecule is CC12C(=O)N(c3ccc(F)c(Cl)c3)C(=O)C1CC1C(=CCC3C(=O)N(c4ccc(Nc5ccccc5)cc4)C(=O)C31)C2c1ccccc1O. The lowest BCUT2D eigenvalue weighted by atomic mass is 9.51. The van der Waals surface area contributed by atoms with Crippen LogP contribution in [0.2, 0.25) is 5.02 Å². The molecule has 4 aromatic carbocycles. The number of halogens is 2. The zero-order valence-corrected chi connectivity index (χ0v) is 27.1. The van der Waals surface area contributed by atoms with Gasteiger partial charge >= 0.3 is 0 Å². The number of aromatic hydroxyl groups is 1. The molecule has 2 aliphatic carbocycles. The number of anilines is 4. The van der Waals surface area contributed by atoms with Crippen molar-refractivity contribution in [1.29, 1.82) is 0 Å². The fourth-order valence-electron chi connectivity index (χ4n) is 8.60. The van der Waals surface area contributed by atoms with Crippen LogP contribution in [-0.4, -0.2) is 28.7 Å².